The number of nitrogens with zero attached hydrogens (tertiary/aromatic N) is 2. The molecule has 1 aromatic carbocycles. The monoisotopic (exact) mass is 272 g/mol. The second-order valence-corrected chi connectivity index (χ2v) is 3.97. The minimum Gasteiger partial charge on any atom is -0.333 e. The summed E-state index contributed by atoms with van der Waals surface area (Å²) in [6, 6.07) is 5.77. The molecule has 0 N–H and O–H groups in total. The highest BCUT2D eigenvalue weighted by molar-refractivity contribution is 9.10. The number of rotatable bonds is 1. The Labute approximate surface area is 94.2 Å². The molecule has 0 radical (unpaired) electrons. The third kappa shape index (κ3) is 1.67. The summed E-state index contributed by atoms with van der Waals surface area (Å²) in [6.07, 6.45) is 0. The lowest BCUT2D eigenvalue weighted by molar-refractivity contribution is 0.430. The Balaban J connectivity index is 2.57. The molecule has 0 aliphatic heterocycles. The Bertz CT molecular complexity index is 470. The third-order valence-electron chi connectivity index (χ3n) is 1.90. The van der Waals surface area contributed by atoms with Crippen LogP contribution in [0.2, 0.25) is 5.28 Å². The SMILES string of the molecule is Cc1c(Br)cccc1-c1nc(Cl)no1. The lowest BCUT2D eigenvalue weighted by Gasteiger charge is -2.01. The smallest absolute Gasteiger partial charge is 0.264 e. The Morgan fingerprint density at radius 2 is 2.21 bits per heavy atom. The number of hydrogen-bond donors (Lipinski definition) is 0. The van der Waals surface area contributed by atoms with Crippen LogP contribution in [0.5, 0.6) is 0 Å². The zero-order chi connectivity index (χ0) is 10.1. The number of hydrogen-bond acceptors (Lipinski definition) is 3. The normalized spacial score (nSPS) is 10.5. The fourth-order valence-electron chi connectivity index (χ4n) is 1.15. The molecule has 0 aliphatic carbocycles. The molecule has 14 heavy (non-hydrogen) atoms. The largest absolute Gasteiger partial charge is 0.333 e. The lowest BCUT2D eigenvalue weighted by atomic mass is 10.1. The van der Waals surface area contributed by atoms with E-state index in [1.807, 2.05) is 25.1 Å². The summed E-state index contributed by atoms with van der Waals surface area (Å²) in [5.74, 6) is 0.439. The van der Waals surface area contributed by atoms with Gasteiger partial charge in [0, 0.05) is 10.0 Å². The summed E-state index contributed by atoms with van der Waals surface area (Å²) in [5.41, 5.74) is 1.94. The predicted octanol–water partition coefficient (Wildman–Crippen LogP) is 3.46. The molecule has 5 heteroatoms. The van der Waals surface area contributed by atoms with E-state index in [-0.39, 0.29) is 5.28 Å². The second-order valence-electron chi connectivity index (χ2n) is 2.78. The van der Waals surface area contributed by atoms with E-state index in [9.17, 15) is 0 Å². The maximum Gasteiger partial charge on any atom is 0.264 e. The van der Waals surface area contributed by atoms with Crippen LogP contribution in [0.1, 0.15) is 5.56 Å². The molecule has 0 amide bonds. The van der Waals surface area contributed by atoms with Gasteiger partial charge in [-0.1, -0.05) is 22.0 Å². The van der Waals surface area contributed by atoms with Gasteiger partial charge in [0.15, 0.2) is 0 Å². The maximum absolute atomic E-state index is 5.57. The summed E-state index contributed by atoms with van der Waals surface area (Å²) in [5, 5.41) is 3.65. The Morgan fingerprint density at radius 3 is 2.86 bits per heavy atom. The summed E-state index contributed by atoms with van der Waals surface area (Å²) in [7, 11) is 0. The van der Waals surface area contributed by atoms with Crippen LogP contribution in [0.3, 0.4) is 0 Å². The van der Waals surface area contributed by atoms with Gasteiger partial charge in [0.2, 0.25) is 0 Å². The van der Waals surface area contributed by atoms with E-state index in [0.29, 0.717) is 5.89 Å². The molecule has 1 heterocycles. The van der Waals surface area contributed by atoms with E-state index in [2.05, 4.69) is 26.1 Å². The zero-order valence-corrected chi connectivity index (χ0v) is 9.63. The van der Waals surface area contributed by atoms with Gasteiger partial charge < -0.3 is 4.52 Å². The van der Waals surface area contributed by atoms with Gasteiger partial charge in [-0.2, -0.15) is 4.98 Å². The van der Waals surface area contributed by atoms with Gasteiger partial charge in [0.1, 0.15) is 0 Å². The average Bonchev–Trinajstić information content (AvgIpc) is 2.57. The molecule has 0 saturated heterocycles. The van der Waals surface area contributed by atoms with Crippen LogP contribution in [-0.4, -0.2) is 10.1 Å². The van der Waals surface area contributed by atoms with E-state index in [1.165, 1.54) is 0 Å². The lowest BCUT2D eigenvalue weighted by Crippen LogP contribution is -1.83. The topological polar surface area (TPSA) is 38.9 Å². The first kappa shape index (κ1) is 9.68. The van der Waals surface area contributed by atoms with Crippen molar-refractivity contribution >= 4 is 27.5 Å². The van der Waals surface area contributed by atoms with Crippen molar-refractivity contribution in [1.29, 1.82) is 0 Å². The predicted molar refractivity (Wildman–Crippen MR) is 57.2 cm³/mol. The summed E-state index contributed by atoms with van der Waals surface area (Å²) in [6.45, 7) is 1.97. The van der Waals surface area contributed by atoms with E-state index in [1.54, 1.807) is 0 Å². The number of benzene rings is 1. The molecule has 0 unspecified atom stereocenters. The van der Waals surface area contributed by atoms with Gasteiger partial charge in [-0.15, -0.1) is 0 Å². The minimum absolute atomic E-state index is 0.124. The van der Waals surface area contributed by atoms with Crippen LogP contribution in [0.15, 0.2) is 27.2 Å². The Kier molecular flexibility index (Phi) is 2.56. The Morgan fingerprint density at radius 1 is 1.43 bits per heavy atom. The van der Waals surface area contributed by atoms with Crippen molar-refractivity contribution in [2.24, 2.45) is 0 Å². The van der Waals surface area contributed by atoms with Gasteiger partial charge in [0.05, 0.1) is 0 Å². The molecule has 0 bridgehead atoms. The van der Waals surface area contributed by atoms with Gasteiger partial charge in [-0.05, 0) is 41.4 Å². The first-order chi connectivity index (χ1) is 6.68. The van der Waals surface area contributed by atoms with Gasteiger partial charge in [0.25, 0.3) is 11.2 Å². The highest BCUT2D eigenvalue weighted by atomic mass is 79.9. The molecule has 2 aromatic rings. The molecule has 2 rings (SSSR count). The van der Waals surface area contributed by atoms with Crippen molar-refractivity contribution in [3.63, 3.8) is 0 Å². The average molecular weight is 274 g/mol. The molecule has 0 aliphatic rings. The van der Waals surface area contributed by atoms with Crippen molar-refractivity contribution in [2.75, 3.05) is 0 Å². The van der Waals surface area contributed by atoms with Gasteiger partial charge in [-0.3, -0.25) is 0 Å². The van der Waals surface area contributed by atoms with Crippen molar-refractivity contribution in [3.8, 4) is 11.5 Å². The van der Waals surface area contributed by atoms with Crippen molar-refractivity contribution in [3.05, 3.63) is 33.5 Å². The third-order valence-corrected chi connectivity index (χ3v) is 2.91. The summed E-state index contributed by atoms with van der Waals surface area (Å²) >= 11 is 9.00. The van der Waals surface area contributed by atoms with E-state index >= 15 is 0 Å². The first-order valence-electron chi connectivity index (χ1n) is 3.93. The fraction of sp³-hybridized carbons (Fsp3) is 0.111. The molecule has 1 aromatic heterocycles. The summed E-state index contributed by atoms with van der Waals surface area (Å²) < 4.78 is 5.98. The van der Waals surface area contributed by atoms with Crippen molar-refractivity contribution in [1.82, 2.24) is 10.1 Å². The van der Waals surface area contributed by atoms with E-state index in [0.717, 1.165) is 15.6 Å². The van der Waals surface area contributed by atoms with Crippen LogP contribution < -0.4 is 0 Å². The Hall–Kier alpha value is -0.870. The standard InChI is InChI=1S/C9H6BrClN2O/c1-5-6(3-2-4-7(5)10)8-12-9(11)13-14-8/h2-4H,1H3. The quantitative estimate of drug-likeness (QED) is 0.798. The molecular weight excluding hydrogens is 267 g/mol. The van der Waals surface area contributed by atoms with Crippen LogP contribution in [0.4, 0.5) is 0 Å². The van der Waals surface area contributed by atoms with Crippen LogP contribution in [-0.2, 0) is 0 Å². The van der Waals surface area contributed by atoms with Crippen molar-refractivity contribution < 1.29 is 4.52 Å². The minimum atomic E-state index is 0.124. The summed E-state index contributed by atoms with van der Waals surface area (Å²) in [4.78, 5) is 3.95. The molecule has 0 spiro atoms. The molecule has 0 saturated carbocycles. The number of aromatic nitrogens is 2. The maximum atomic E-state index is 5.57. The van der Waals surface area contributed by atoms with E-state index < -0.39 is 0 Å². The van der Waals surface area contributed by atoms with Crippen LogP contribution >= 0.6 is 27.5 Å². The molecule has 0 atom stereocenters. The molecular formula is C9H6BrClN2O. The second kappa shape index (κ2) is 3.71. The van der Waals surface area contributed by atoms with Gasteiger partial charge in [-0.25, -0.2) is 0 Å². The highest BCUT2D eigenvalue weighted by Gasteiger charge is 2.10. The fourth-order valence-corrected chi connectivity index (χ4v) is 1.63. The molecule has 3 nitrogen and oxygen atoms in total. The van der Waals surface area contributed by atoms with Crippen molar-refractivity contribution in [2.45, 2.75) is 6.92 Å². The van der Waals surface area contributed by atoms with E-state index in [4.69, 9.17) is 16.1 Å². The first-order valence-corrected chi connectivity index (χ1v) is 5.10. The molecule has 0 fully saturated rings. The van der Waals surface area contributed by atoms with Gasteiger partial charge >= 0.3 is 0 Å². The zero-order valence-electron chi connectivity index (χ0n) is 7.29. The molecule has 72 valence electrons. The number of halogens is 2. The van der Waals surface area contributed by atoms with Crippen LogP contribution in [0, 0.1) is 6.92 Å². The highest BCUT2D eigenvalue weighted by Crippen LogP contribution is 2.27. The van der Waals surface area contributed by atoms with Crippen LogP contribution in [0.25, 0.3) is 11.5 Å².